The van der Waals surface area contributed by atoms with E-state index >= 15 is 0 Å². The van der Waals surface area contributed by atoms with E-state index in [1.165, 1.54) is 11.1 Å². The molecule has 1 N–H and O–H groups in total. The molecule has 1 aliphatic rings. The van der Waals surface area contributed by atoms with Gasteiger partial charge in [-0.05, 0) is 61.9 Å². The number of carbonyl (C=O) groups excluding carboxylic acids is 1. The van der Waals surface area contributed by atoms with Gasteiger partial charge in [0.05, 0.1) is 6.54 Å². The van der Waals surface area contributed by atoms with Crippen molar-refractivity contribution in [3.8, 4) is 5.75 Å². The molecule has 0 saturated heterocycles. The largest absolute Gasteiger partial charge is 0.491 e. The second kappa shape index (κ2) is 7.60. The highest BCUT2D eigenvalue weighted by atomic mass is 16.5. The van der Waals surface area contributed by atoms with Gasteiger partial charge in [-0.1, -0.05) is 30.3 Å². The fourth-order valence-electron chi connectivity index (χ4n) is 3.30. The number of rotatable bonds is 4. The summed E-state index contributed by atoms with van der Waals surface area (Å²) in [5, 5.41) is 2.98. The van der Waals surface area contributed by atoms with Gasteiger partial charge in [0.25, 0.3) is 0 Å². The molecule has 25 heavy (non-hydrogen) atoms. The molecule has 0 radical (unpaired) electrons. The number of anilines is 1. The summed E-state index contributed by atoms with van der Waals surface area (Å²) < 4.78 is 5.92. The molecule has 0 spiro atoms. The van der Waals surface area contributed by atoms with Crippen molar-refractivity contribution in [2.24, 2.45) is 0 Å². The zero-order valence-electron chi connectivity index (χ0n) is 15.3. The third-order valence-corrected chi connectivity index (χ3v) is 4.85. The number of hydrogen-bond donors (Lipinski definition) is 1. The lowest BCUT2D eigenvalue weighted by Crippen LogP contribution is -2.44. The number of fused-ring (bicyclic) bond motifs is 1. The Balaban J connectivity index is 1.55. The van der Waals surface area contributed by atoms with Crippen molar-refractivity contribution in [1.29, 1.82) is 0 Å². The minimum Gasteiger partial charge on any atom is -0.491 e. The molecular weight excluding hydrogens is 312 g/mol. The van der Waals surface area contributed by atoms with Crippen LogP contribution in [-0.2, 0) is 6.42 Å². The number of para-hydroxylation sites is 1. The molecule has 0 aromatic heterocycles. The monoisotopic (exact) mass is 338 g/mol. The Morgan fingerprint density at radius 3 is 2.72 bits per heavy atom. The molecule has 4 nitrogen and oxygen atoms in total. The van der Waals surface area contributed by atoms with Crippen LogP contribution in [0.5, 0.6) is 5.75 Å². The van der Waals surface area contributed by atoms with Crippen LogP contribution in [0.25, 0.3) is 0 Å². The fraction of sp³-hybridized carbons (Fsp3) is 0.381. The number of carbonyl (C=O) groups is 1. The lowest BCUT2D eigenvalue weighted by Gasteiger charge is -2.29. The molecular formula is C21H26N2O2. The number of hydrogen-bond acceptors (Lipinski definition) is 2. The quantitative estimate of drug-likeness (QED) is 0.851. The van der Waals surface area contributed by atoms with E-state index in [0.717, 1.165) is 42.0 Å². The molecule has 0 fully saturated rings. The Bertz CT molecular complexity index is 770. The molecule has 2 aromatic carbocycles. The molecule has 0 bridgehead atoms. The molecule has 3 rings (SSSR count). The Hall–Kier alpha value is -2.49. The summed E-state index contributed by atoms with van der Waals surface area (Å²) in [5.74, 6) is 0.928. The number of ether oxygens (including phenoxy) is 1. The zero-order valence-corrected chi connectivity index (χ0v) is 15.3. The van der Waals surface area contributed by atoms with E-state index in [0.29, 0.717) is 13.2 Å². The van der Waals surface area contributed by atoms with Crippen molar-refractivity contribution in [3.05, 3.63) is 58.7 Å². The van der Waals surface area contributed by atoms with Gasteiger partial charge in [0.1, 0.15) is 12.4 Å². The Labute approximate surface area is 149 Å². The van der Waals surface area contributed by atoms with Crippen molar-refractivity contribution in [2.75, 3.05) is 24.6 Å². The van der Waals surface area contributed by atoms with Crippen LogP contribution in [0.3, 0.4) is 0 Å². The first-order valence-corrected chi connectivity index (χ1v) is 8.91. The number of aryl methyl sites for hydroxylation is 3. The van der Waals surface area contributed by atoms with Crippen LogP contribution >= 0.6 is 0 Å². The summed E-state index contributed by atoms with van der Waals surface area (Å²) in [5.41, 5.74) is 5.77. The van der Waals surface area contributed by atoms with Crippen LogP contribution < -0.4 is 15.0 Å². The predicted octanol–water partition coefficient (Wildman–Crippen LogP) is 4.15. The topological polar surface area (TPSA) is 41.6 Å². The first-order chi connectivity index (χ1) is 12.1. The maximum absolute atomic E-state index is 12.5. The van der Waals surface area contributed by atoms with Crippen LogP contribution in [0.4, 0.5) is 10.5 Å². The van der Waals surface area contributed by atoms with Gasteiger partial charge in [0, 0.05) is 12.2 Å². The van der Waals surface area contributed by atoms with Crippen molar-refractivity contribution < 1.29 is 9.53 Å². The highest BCUT2D eigenvalue weighted by Gasteiger charge is 2.21. The molecule has 1 heterocycles. The minimum absolute atomic E-state index is 0.0477. The van der Waals surface area contributed by atoms with Gasteiger partial charge in [-0.15, -0.1) is 0 Å². The van der Waals surface area contributed by atoms with Crippen molar-refractivity contribution in [2.45, 2.75) is 33.6 Å². The van der Waals surface area contributed by atoms with Gasteiger partial charge in [-0.25, -0.2) is 4.79 Å². The van der Waals surface area contributed by atoms with Gasteiger partial charge < -0.3 is 10.1 Å². The molecule has 0 unspecified atom stereocenters. The molecule has 2 amide bonds. The van der Waals surface area contributed by atoms with E-state index in [2.05, 4.69) is 37.4 Å². The fourth-order valence-corrected chi connectivity index (χ4v) is 3.30. The normalized spacial score (nSPS) is 13.3. The average Bonchev–Trinajstić information content (AvgIpc) is 2.63. The van der Waals surface area contributed by atoms with Crippen molar-refractivity contribution >= 4 is 11.7 Å². The summed E-state index contributed by atoms with van der Waals surface area (Å²) in [6.07, 6.45) is 2.04. The third-order valence-electron chi connectivity index (χ3n) is 4.85. The van der Waals surface area contributed by atoms with Gasteiger partial charge in [0.15, 0.2) is 0 Å². The van der Waals surface area contributed by atoms with Gasteiger partial charge in [-0.2, -0.15) is 0 Å². The van der Waals surface area contributed by atoms with Gasteiger partial charge in [-0.3, -0.25) is 4.90 Å². The molecule has 2 aromatic rings. The first kappa shape index (κ1) is 17.3. The van der Waals surface area contributed by atoms with Crippen LogP contribution in [-0.4, -0.2) is 25.7 Å². The number of nitrogens with one attached hydrogen (secondary N) is 1. The van der Waals surface area contributed by atoms with Crippen LogP contribution in [0.1, 0.15) is 28.7 Å². The SMILES string of the molecule is Cc1ccc(C)c(OCCNC(=O)N2CCCc3ccccc32)c1C. The first-order valence-electron chi connectivity index (χ1n) is 8.91. The van der Waals surface area contributed by atoms with E-state index in [1.807, 2.05) is 30.0 Å². The Morgan fingerprint density at radius 1 is 1.12 bits per heavy atom. The number of benzene rings is 2. The lowest BCUT2D eigenvalue weighted by atomic mass is 10.0. The van der Waals surface area contributed by atoms with Crippen LogP contribution in [0.2, 0.25) is 0 Å². The maximum Gasteiger partial charge on any atom is 0.321 e. The lowest BCUT2D eigenvalue weighted by molar-refractivity contribution is 0.241. The second-order valence-corrected chi connectivity index (χ2v) is 6.62. The summed E-state index contributed by atoms with van der Waals surface area (Å²) in [6, 6.07) is 12.3. The van der Waals surface area contributed by atoms with Crippen molar-refractivity contribution in [1.82, 2.24) is 5.32 Å². The summed E-state index contributed by atoms with van der Waals surface area (Å²) in [7, 11) is 0. The smallest absolute Gasteiger partial charge is 0.321 e. The highest BCUT2D eigenvalue weighted by Crippen LogP contribution is 2.27. The van der Waals surface area contributed by atoms with E-state index in [1.54, 1.807) is 0 Å². The van der Waals surface area contributed by atoms with Crippen molar-refractivity contribution in [3.63, 3.8) is 0 Å². The third kappa shape index (κ3) is 3.78. The molecule has 1 aliphatic heterocycles. The van der Waals surface area contributed by atoms with E-state index in [9.17, 15) is 4.79 Å². The molecule has 4 heteroatoms. The summed E-state index contributed by atoms with van der Waals surface area (Å²) in [4.78, 5) is 14.4. The molecule has 0 atom stereocenters. The minimum atomic E-state index is -0.0477. The Kier molecular flexibility index (Phi) is 5.27. The van der Waals surface area contributed by atoms with Gasteiger partial charge >= 0.3 is 6.03 Å². The van der Waals surface area contributed by atoms with E-state index in [-0.39, 0.29) is 6.03 Å². The van der Waals surface area contributed by atoms with Gasteiger partial charge in [0.2, 0.25) is 0 Å². The molecule has 0 aliphatic carbocycles. The van der Waals surface area contributed by atoms with Crippen LogP contribution in [0.15, 0.2) is 36.4 Å². The number of amides is 2. The standard InChI is InChI=1S/C21H26N2O2/c1-15-10-11-16(2)20(17(15)3)25-14-12-22-21(24)23-13-6-8-18-7-4-5-9-19(18)23/h4-5,7,9-11H,6,8,12-14H2,1-3H3,(H,22,24). The number of nitrogens with zero attached hydrogens (tertiary/aromatic N) is 1. The summed E-state index contributed by atoms with van der Waals surface area (Å²) >= 11 is 0. The maximum atomic E-state index is 12.5. The Morgan fingerprint density at radius 2 is 1.88 bits per heavy atom. The molecule has 0 saturated carbocycles. The summed E-state index contributed by atoms with van der Waals surface area (Å²) in [6.45, 7) is 7.92. The van der Waals surface area contributed by atoms with E-state index < -0.39 is 0 Å². The predicted molar refractivity (Wildman–Crippen MR) is 102 cm³/mol. The van der Waals surface area contributed by atoms with E-state index in [4.69, 9.17) is 4.74 Å². The highest BCUT2D eigenvalue weighted by molar-refractivity contribution is 5.93. The molecule has 132 valence electrons. The second-order valence-electron chi connectivity index (χ2n) is 6.62. The van der Waals surface area contributed by atoms with Crippen LogP contribution in [0, 0.1) is 20.8 Å². The average molecular weight is 338 g/mol. The number of urea groups is 1. The zero-order chi connectivity index (χ0) is 17.8.